The number of aryl methyl sites for hydroxylation is 1. The Morgan fingerprint density at radius 1 is 0.939 bits per heavy atom. The van der Waals surface area contributed by atoms with Crippen LogP contribution in [0.3, 0.4) is 0 Å². The number of piperidine rings is 1. The summed E-state index contributed by atoms with van der Waals surface area (Å²) in [6.07, 6.45) is -8.01. The number of fused-ring (bicyclic) bond motifs is 3. The van der Waals surface area contributed by atoms with E-state index in [-0.39, 0.29) is 35.8 Å². The maximum absolute atomic E-state index is 14.5. The van der Waals surface area contributed by atoms with Crippen molar-refractivity contribution < 1.29 is 35.5 Å². The average Bonchev–Trinajstić information content (AvgIpc) is 3.20. The first kappa shape index (κ1) is 23.6. The van der Waals surface area contributed by atoms with Crippen molar-refractivity contribution in [1.29, 1.82) is 5.26 Å². The van der Waals surface area contributed by atoms with Gasteiger partial charge in [0.15, 0.2) is 6.19 Å². The molecule has 2 saturated heterocycles. The number of nitrogens with zero attached hydrogens (tertiary/aromatic N) is 3. The van der Waals surface area contributed by atoms with Crippen molar-refractivity contribution in [3.63, 3.8) is 0 Å². The van der Waals surface area contributed by atoms with Gasteiger partial charge in [-0.1, -0.05) is 18.2 Å². The molecule has 0 radical (unpaired) electrons. The predicted molar refractivity (Wildman–Crippen MR) is 102 cm³/mol. The zero-order valence-electron chi connectivity index (χ0n) is 17.5. The zero-order valence-corrected chi connectivity index (χ0v) is 17.5. The minimum Gasteiger partial charge on any atom is -0.339 e. The summed E-state index contributed by atoms with van der Waals surface area (Å²) in [5.41, 5.74) is -6.06. The Balaban J connectivity index is 1.56. The van der Waals surface area contributed by atoms with Crippen molar-refractivity contribution in [1.82, 2.24) is 9.80 Å². The number of alkyl halides is 7. The van der Waals surface area contributed by atoms with Crippen molar-refractivity contribution in [3.05, 3.63) is 34.9 Å². The lowest BCUT2D eigenvalue weighted by molar-refractivity contribution is -0.348. The van der Waals surface area contributed by atoms with Crippen LogP contribution in [0.1, 0.15) is 48.3 Å². The van der Waals surface area contributed by atoms with Gasteiger partial charge in [0.25, 0.3) is 0 Å². The number of hydrogen-bond donors (Lipinski definition) is 0. The van der Waals surface area contributed by atoms with Gasteiger partial charge in [0.1, 0.15) is 0 Å². The van der Waals surface area contributed by atoms with Crippen LogP contribution in [0.4, 0.5) is 30.7 Å². The molecule has 4 rings (SSSR count). The van der Waals surface area contributed by atoms with Crippen LogP contribution < -0.4 is 0 Å². The van der Waals surface area contributed by atoms with Gasteiger partial charge in [-0.15, -0.1) is 0 Å². The van der Waals surface area contributed by atoms with Crippen LogP contribution in [-0.2, 0) is 16.9 Å². The highest BCUT2D eigenvalue weighted by molar-refractivity contribution is 5.80. The van der Waals surface area contributed by atoms with Gasteiger partial charge in [-0.05, 0) is 43.2 Å². The van der Waals surface area contributed by atoms with E-state index in [1.54, 1.807) is 9.80 Å². The van der Waals surface area contributed by atoms with Crippen molar-refractivity contribution in [3.8, 4) is 6.19 Å². The molecule has 2 unspecified atom stereocenters. The maximum atomic E-state index is 14.5. The van der Waals surface area contributed by atoms with E-state index in [1.807, 2.05) is 0 Å². The third-order valence-corrected chi connectivity index (χ3v) is 7.25. The number of nitriles is 1. The van der Waals surface area contributed by atoms with Crippen LogP contribution in [0, 0.1) is 17.4 Å². The highest BCUT2D eigenvalue weighted by atomic mass is 19.4. The lowest BCUT2D eigenvalue weighted by atomic mass is 9.77. The van der Waals surface area contributed by atoms with E-state index in [9.17, 15) is 35.5 Å². The molecule has 0 bridgehead atoms. The van der Waals surface area contributed by atoms with E-state index in [1.165, 1.54) is 0 Å². The molecule has 2 aliphatic heterocycles. The topological polar surface area (TPSA) is 47.3 Å². The molecule has 0 N–H and O–H groups in total. The fraction of sp³-hybridized carbons (Fsp3) is 0.636. The second-order valence-electron chi connectivity index (χ2n) is 8.96. The predicted octanol–water partition coefficient (Wildman–Crippen LogP) is 4.80. The molecule has 3 aliphatic rings. The largest absolute Gasteiger partial charge is 0.435 e. The number of benzene rings is 1. The Bertz CT molecular complexity index is 946. The molecule has 0 spiro atoms. The summed E-state index contributed by atoms with van der Waals surface area (Å²) in [5.74, 6) is -0.434. The monoisotopic (exact) mass is 477 g/mol. The molecule has 0 saturated carbocycles. The summed E-state index contributed by atoms with van der Waals surface area (Å²) in [5, 5.41) is 8.97. The van der Waals surface area contributed by atoms with Gasteiger partial charge in [-0.2, -0.15) is 31.6 Å². The Labute approximate surface area is 185 Å². The van der Waals surface area contributed by atoms with Crippen LogP contribution in [0.15, 0.2) is 18.2 Å². The Morgan fingerprint density at radius 2 is 1.58 bits per heavy atom. The number of amides is 1. The third-order valence-electron chi connectivity index (χ3n) is 7.25. The van der Waals surface area contributed by atoms with E-state index in [4.69, 9.17) is 5.26 Å². The molecule has 0 aromatic heterocycles. The number of hydrogen-bond acceptors (Lipinski definition) is 3. The molecule has 33 heavy (non-hydrogen) atoms. The first-order chi connectivity index (χ1) is 15.4. The zero-order chi connectivity index (χ0) is 24.2. The molecule has 1 amide bonds. The molecular formula is C22H22F7N3O. The van der Waals surface area contributed by atoms with Gasteiger partial charge in [0.05, 0.1) is 0 Å². The smallest absolute Gasteiger partial charge is 0.339 e. The number of halogens is 7. The third kappa shape index (κ3) is 3.81. The van der Waals surface area contributed by atoms with Crippen LogP contribution >= 0.6 is 0 Å². The van der Waals surface area contributed by atoms with Gasteiger partial charge < -0.3 is 9.80 Å². The fourth-order valence-electron chi connectivity index (χ4n) is 5.50. The molecule has 11 heteroatoms. The normalized spacial score (nSPS) is 24.3. The lowest BCUT2D eigenvalue weighted by Gasteiger charge is -2.37. The Hall–Kier alpha value is -2.51. The Morgan fingerprint density at radius 3 is 2.15 bits per heavy atom. The number of likely N-dealkylation sites (tertiary alicyclic amines) is 2. The summed E-state index contributed by atoms with van der Waals surface area (Å²) in [6.45, 7) is 1.46. The van der Waals surface area contributed by atoms with Crippen molar-refractivity contribution in [2.75, 3.05) is 19.6 Å². The van der Waals surface area contributed by atoms with Crippen LogP contribution in [0.25, 0.3) is 0 Å². The SMILES string of the molecule is N#CN1CCC(C(=O)N2CCC3c4ccc(C(F)(C(F)(F)F)C(F)(F)F)cc4CCC32)CC1. The van der Waals surface area contributed by atoms with E-state index in [0.717, 1.165) is 6.07 Å². The van der Waals surface area contributed by atoms with Crippen LogP contribution in [-0.4, -0.2) is 53.7 Å². The van der Waals surface area contributed by atoms with Gasteiger partial charge in [0, 0.05) is 43.1 Å². The van der Waals surface area contributed by atoms with E-state index >= 15 is 0 Å². The molecular weight excluding hydrogens is 455 g/mol. The lowest BCUT2D eigenvalue weighted by Crippen LogP contribution is -2.50. The second-order valence-corrected chi connectivity index (χ2v) is 8.96. The molecule has 1 aromatic rings. The van der Waals surface area contributed by atoms with Crippen LogP contribution in [0.5, 0.6) is 0 Å². The van der Waals surface area contributed by atoms with Gasteiger partial charge in [-0.3, -0.25) is 4.79 Å². The number of carbonyl (C=O) groups excluding carboxylic acids is 1. The van der Waals surface area contributed by atoms with Crippen molar-refractivity contribution in [2.45, 2.75) is 62.1 Å². The first-order valence-electron chi connectivity index (χ1n) is 10.8. The number of carbonyl (C=O) groups is 1. The Kier molecular flexibility index (Phi) is 5.78. The van der Waals surface area contributed by atoms with Gasteiger partial charge in [-0.25, -0.2) is 4.39 Å². The van der Waals surface area contributed by atoms with Crippen molar-refractivity contribution >= 4 is 5.91 Å². The van der Waals surface area contributed by atoms with Gasteiger partial charge in [0.2, 0.25) is 5.91 Å². The molecule has 4 nitrogen and oxygen atoms in total. The minimum absolute atomic E-state index is 0.0166. The van der Waals surface area contributed by atoms with E-state index in [2.05, 4.69) is 6.19 Å². The number of rotatable bonds is 2. The molecule has 2 heterocycles. The quantitative estimate of drug-likeness (QED) is 0.454. The summed E-state index contributed by atoms with van der Waals surface area (Å²) in [6, 6.07) is 2.23. The summed E-state index contributed by atoms with van der Waals surface area (Å²) >= 11 is 0. The van der Waals surface area contributed by atoms with Crippen molar-refractivity contribution in [2.24, 2.45) is 5.92 Å². The highest BCUT2D eigenvalue weighted by Gasteiger charge is 2.73. The maximum Gasteiger partial charge on any atom is 0.435 e. The molecule has 1 aliphatic carbocycles. The summed E-state index contributed by atoms with van der Waals surface area (Å²) < 4.78 is 93.3. The first-order valence-corrected chi connectivity index (χ1v) is 10.8. The van der Waals surface area contributed by atoms with E-state index < -0.39 is 23.6 Å². The average molecular weight is 477 g/mol. The molecule has 1 aromatic carbocycles. The summed E-state index contributed by atoms with van der Waals surface area (Å²) in [7, 11) is 0. The molecule has 180 valence electrons. The molecule has 2 fully saturated rings. The van der Waals surface area contributed by atoms with E-state index in [0.29, 0.717) is 63.0 Å². The fourth-order valence-corrected chi connectivity index (χ4v) is 5.50. The standard InChI is InChI=1S/C22H22F7N3O/c23-20(21(24,25)26,22(27,28)29)15-2-3-16-14(11-15)1-4-18-17(16)7-10-32(18)19(33)13-5-8-31(12-30)9-6-13/h2-3,11,13,17-18H,1,4-10H2. The van der Waals surface area contributed by atoms with Gasteiger partial charge >= 0.3 is 18.0 Å². The minimum atomic E-state index is -6.14. The summed E-state index contributed by atoms with van der Waals surface area (Å²) in [4.78, 5) is 16.5. The second kappa shape index (κ2) is 8.06. The molecule has 2 atom stereocenters. The highest BCUT2D eigenvalue weighted by Crippen LogP contribution is 2.54. The van der Waals surface area contributed by atoms with Crippen LogP contribution in [0.2, 0.25) is 0 Å².